The molecule has 4 atom stereocenters. The first-order valence-corrected chi connectivity index (χ1v) is 10.3. The van der Waals surface area contributed by atoms with Crippen molar-refractivity contribution in [2.45, 2.75) is 63.2 Å². The monoisotopic (exact) mass is 460 g/mol. The summed E-state index contributed by atoms with van der Waals surface area (Å²) in [6.45, 7) is 1.17. The van der Waals surface area contributed by atoms with Crippen molar-refractivity contribution in [3.63, 3.8) is 0 Å². The van der Waals surface area contributed by atoms with Crippen LogP contribution in [0.1, 0.15) is 39.0 Å². The highest BCUT2D eigenvalue weighted by molar-refractivity contribution is 5.94. The van der Waals surface area contributed by atoms with Gasteiger partial charge in [-0.25, -0.2) is 0 Å². The van der Waals surface area contributed by atoms with Gasteiger partial charge >= 0.3 is 5.97 Å². The van der Waals surface area contributed by atoms with Gasteiger partial charge < -0.3 is 49.1 Å². The van der Waals surface area contributed by atoms with Crippen LogP contribution in [-0.4, -0.2) is 83.7 Å². The summed E-state index contributed by atoms with van der Waals surface area (Å²) in [5, 5.41) is 25.5. The molecule has 0 spiro atoms. The van der Waals surface area contributed by atoms with Gasteiger partial charge in [-0.1, -0.05) is 6.42 Å². The topological polar surface area (TPSA) is 261 Å². The van der Waals surface area contributed by atoms with Gasteiger partial charge in [-0.15, -0.1) is 0 Å². The van der Waals surface area contributed by atoms with Crippen molar-refractivity contribution < 1.29 is 29.4 Å². The van der Waals surface area contributed by atoms with Crippen LogP contribution < -0.4 is 38.9 Å². The van der Waals surface area contributed by atoms with Gasteiger partial charge in [0.15, 0.2) is 5.96 Å². The molecule has 13 N–H and O–H groups in total. The first-order valence-electron chi connectivity index (χ1n) is 10.3. The number of rotatable bonds is 16. The molecular formula is C18H36N8O6. The van der Waals surface area contributed by atoms with Crippen molar-refractivity contribution in [2.75, 3.05) is 19.7 Å². The van der Waals surface area contributed by atoms with E-state index in [1.807, 2.05) is 0 Å². The number of aliphatic carboxylic acids is 1. The average molecular weight is 461 g/mol. The van der Waals surface area contributed by atoms with E-state index in [1.54, 1.807) is 0 Å². The van der Waals surface area contributed by atoms with Gasteiger partial charge in [-0.2, -0.15) is 0 Å². The fraction of sp³-hybridized carbons (Fsp3) is 0.722. The Kier molecular flexibility index (Phi) is 14.3. The lowest BCUT2D eigenvalue weighted by atomic mass is 10.1. The van der Waals surface area contributed by atoms with E-state index in [9.17, 15) is 24.3 Å². The van der Waals surface area contributed by atoms with Gasteiger partial charge in [-0.3, -0.25) is 24.2 Å². The second-order valence-corrected chi connectivity index (χ2v) is 7.21. The highest BCUT2D eigenvalue weighted by Crippen LogP contribution is 2.02. The van der Waals surface area contributed by atoms with E-state index in [-0.39, 0.29) is 18.9 Å². The van der Waals surface area contributed by atoms with Crippen LogP contribution in [0.15, 0.2) is 4.99 Å². The van der Waals surface area contributed by atoms with Gasteiger partial charge in [0.05, 0.1) is 12.6 Å². The lowest BCUT2D eigenvalue weighted by molar-refractivity contribution is -0.141. The zero-order valence-corrected chi connectivity index (χ0v) is 18.3. The van der Waals surface area contributed by atoms with E-state index in [1.165, 1.54) is 6.92 Å². The minimum atomic E-state index is -1.35. The zero-order chi connectivity index (χ0) is 24.7. The molecule has 0 fully saturated rings. The molecule has 0 aromatic rings. The minimum absolute atomic E-state index is 0.0748. The quantitative estimate of drug-likeness (QED) is 0.0612. The molecule has 0 aromatic carbocycles. The summed E-state index contributed by atoms with van der Waals surface area (Å²) in [7, 11) is 0. The summed E-state index contributed by atoms with van der Waals surface area (Å²) in [6, 6.07) is -4.59. The number of carbonyl (C=O) groups excluding carboxylic acids is 3. The fourth-order valence-electron chi connectivity index (χ4n) is 2.53. The highest BCUT2D eigenvalue weighted by Gasteiger charge is 2.28. The van der Waals surface area contributed by atoms with Crippen LogP contribution in [0.25, 0.3) is 0 Å². The van der Waals surface area contributed by atoms with E-state index in [4.69, 9.17) is 28.0 Å². The molecule has 0 bridgehead atoms. The first kappa shape index (κ1) is 29.0. The lowest BCUT2D eigenvalue weighted by Crippen LogP contribution is -2.57. The number of aliphatic hydroxyl groups is 1. The number of carboxylic acids is 1. The third-order valence-corrected chi connectivity index (χ3v) is 4.43. The number of hydrogen-bond acceptors (Lipinski definition) is 8. The Labute approximate surface area is 186 Å². The van der Waals surface area contributed by atoms with Crippen molar-refractivity contribution >= 4 is 29.7 Å². The Morgan fingerprint density at radius 3 is 2.03 bits per heavy atom. The molecule has 32 heavy (non-hydrogen) atoms. The predicted molar refractivity (Wildman–Crippen MR) is 117 cm³/mol. The maximum atomic E-state index is 12.6. The molecule has 0 aromatic heterocycles. The van der Waals surface area contributed by atoms with Crippen molar-refractivity contribution in [3.05, 3.63) is 0 Å². The van der Waals surface area contributed by atoms with Crippen molar-refractivity contribution in [1.82, 2.24) is 16.0 Å². The summed E-state index contributed by atoms with van der Waals surface area (Å²) in [6.07, 6.45) is 2.04. The summed E-state index contributed by atoms with van der Waals surface area (Å²) < 4.78 is 0. The van der Waals surface area contributed by atoms with Crippen LogP contribution in [0.2, 0.25) is 0 Å². The van der Waals surface area contributed by atoms with E-state index < -0.39 is 54.5 Å². The van der Waals surface area contributed by atoms with Gasteiger partial charge in [-0.05, 0) is 39.2 Å². The van der Waals surface area contributed by atoms with Crippen molar-refractivity contribution in [3.8, 4) is 0 Å². The van der Waals surface area contributed by atoms with Crippen LogP contribution in [-0.2, 0) is 19.2 Å². The molecule has 0 saturated carbocycles. The Balaban J connectivity index is 5.10. The standard InChI is InChI=1S/C18H36N8O6/c1-10(17(31)32)24-15(29)12(6-4-8-23-18(21)22)25-16(30)13(9-27)26-14(28)11(20)5-2-3-7-19/h10-13,27H,2-9,19-20H2,1H3,(H,24,29)(H,25,30)(H,26,28)(H,31,32)(H4,21,22,23). The number of nitrogens with one attached hydrogen (secondary N) is 3. The molecule has 3 amide bonds. The number of nitrogens with zero attached hydrogens (tertiary/aromatic N) is 1. The summed E-state index contributed by atoms with van der Waals surface area (Å²) >= 11 is 0. The third kappa shape index (κ3) is 12.0. The molecule has 0 aliphatic rings. The Morgan fingerprint density at radius 2 is 1.50 bits per heavy atom. The fourth-order valence-corrected chi connectivity index (χ4v) is 2.53. The molecule has 0 aliphatic carbocycles. The molecule has 4 unspecified atom stereocenters. The second-order valence-electron chi connectivity index (χ2n) is 7.21. The molecule has 0 aliphatic heterocycles. The second kappa shape index (κ2) is 15.8. The van der Waals surface area contributed by atoms with Gasteiger partial charge in [0.25, 0.3) is 0 Å². The van der Waals surface area contributed by atoms with Crippen LogP contribution in [0.3, 0.4) is 0 Å². The number of guanidine groups is 1. The van der Waals surface area contributed by atoms with E-state index in [0.29, 0.717) is 32.2 Å². The van der Waals surface area contributed by atoms with E-state index in [2.05, 4.69) is 20.9 Å². The van der Waals surface area contributed by atoms with Crippen LogP contribution in [0, 0.1) is 0 Å². The predicted octanol–water partition coefficient (Wildman–Crippen LogP) is -3.95. The minimum Gasteiger partial charge on any atom is -0.480 e. The molecule has 14 heteroatoms. The van der Waals surface area contributed by atoms with Crippen LogP contribution in [0.4, 0.5) is 0 Å². The Bertz CT molecular complexity index is 655. The third-order valence-electron chi connectivity index (χ3n) is 4.43. The maximum absolute atomic E-state index is 12.6. The number of nitrogens with two attached hydrogens (primary N) is 4. The molecule has 0 saturated heterocycles. The SMILES string of the molecule is CC(NC(=O)C(CCCN=C(N)N)NC(=O)C(CO)NC(=O)C(N)CCCCN)C(=O)O. The number of aliphatic hydroxyl groups excluding tert-OH is 1. The highest BCUT2D eigenvalue weighted by atomic mass is 16.4. The molecule has 14 nitrogen and oxygen atoms in total. The number of aliphatic imine (C=N–C) groups is 1. The van der Waals surface area contributed by atoms with Crippen LogP contribution in [0.5, 0.6) is 0 Å². The number of unbranched alkanes of at least 4 members (excludes halogenated alkanes) is 1. The number of carbonyl (C=O) groups is 4. The number of carboxylic acid groups (broad SMARTS) is 1. The summed E-state index contributed by atoms with van der Waals surface area (Å²) in [5.74, 6) is -3.61. The van der Waals surface area contributed by atoms with Crippen molar-refractivity contribution in [1.29, 1.82) is 0 Å². The largest absolute Gasteiger partial charge is 0.480 e. The van der Waals surface area contributed by atoms with Gasteiger partial charge in [0, 0.05) is 6.54 Å². The van der Waals surface area contributed by atoms with Gasteiger partial charge in [0.1, 0.15) is 18.1 Å². The molecule has 184 valence electrons. The van der Waals surface area contributed by atoms with Crippen LogP contribution >= 0.6 is 0 Å². The Hall–Kier alpha value is -2.97. The molecule has 0 rings (SSSR count). The molecular weight excluding hydrogens is 424 g/mol. The first-order chi connectivity index (χ1) is 15.0. The number of hydrogen-bond donors (Lipinski definition) is 9. The summed E-state index contributed by atoms with van der Waals surface area (Å²) in [5.41, 5.74) is 21.7. The molecule has 0 heterocycles. The zero-order valence-electron chi connectivity index (χ0n) is 18.3. The average Bonchev–Trinajstić information content (AvgIpc) is 2.73. The lowest BCUT2D eigenvalue weighted by Gasteiger charge is -2.23. The smallest absolute Gasteiger partial charge is 0.325 e. The van der Waals surface area contributed by atoms with Gasteiger partial charge in [0.2, 0.25) is 17.7 Å². The van der Waals surface area contributed by atoms with E-state index in [0.717, 1.165) is 0 Å². The number of amides is 3. The Morgan fingerprint density at radius 1 is 0.906 bits per heavy atom. The van der Waals surface area contributed by atoms with E-state index >= 15 is 0 Å². The molecule has 0 radical (unpaired) electrons. The maximum Gasteiger partial charge on any atom is 0.325 e. The summed E-state index contributed by atoms with van der Waals surface area (Å²) in [4.78, 5) is 52.0. The van der Waals surface area contributed by atoms with Crippen molar-refractivity contribution in [2.24, 2.45) is 27.9 Å². The normalized spacial score (nSPS) is 14.4.